The highest BCUT2D eigenvalue weighted by molar-refractivity contribution is 6.36. The van der Waals surface area contributed by atoms with Gasteiger partial charge < -0.3 is 54.6 Å². The second-order valence-corrected chi connectivity index (χ2v) is 8.79. The maximum Gasteiger partial charge on any atom is 1.00 e. The topological polar surface area (TPSA) is 245 Å². The number of carbonyl (C=O) groups is 3. The lowest BCUT2D eigenvalue weighted by Gasteiger charge is -2.53. The first-order valence-corrected chi connectivity index (χ1v) is 10.0. The third-order valence-corrected chi connectivity index (χ3v) is 6.98. The van der Waals surface area contributed by atoms with E-state index >= 15 is 0 Å². The average molecular weight is 517 g/mol. The molecule has 0 saturated heterocycles. The Kier molecular flexibility index (Phi) is 8.21. The molecule has 0 amide bonds. The molecule has 3 aliphatic carbocycles. The average Bonchev–Trinajstić information content (AvgIpc) is 2.70. The van der Waals surface area contributed by atoms with E-state index in [1.54, 1.807) is 19.1 Å². The minimum absolute atomic E-state index is 0. The fraction of sp³-hybridized carbons (Fsp3) is 0.409. The van der Waals surface area contributed by atoms with Crippen LogP contribution in [0, 0.1) is 11.8 Å². The summed E-state index contributed by atoms with van der Waals surface area (Å²) >= 11 is 0. The van der Waals surface area contributed by atoms with Crippen LogP contribution in [0.2, 0.25) is 0 Å². The number of hydrogen-bond donors (Lipinski definition) is 6. The molecule has 0 bridgehead atoms. The number of carbonyl (C=O) groups excluding carboxylic acids is 3. The summed E-state index contributed by atoms with van der Waals surface area (Å²) < 4.78 is 0. The van der Waals surface area contributed by atoms with E-state index in [0.717, 1.165) is 0 Å². The van der Waals surface area contributed by atoms with Crippen LogP contribution in [0.5, 0.6) is 5.75 Å². The summed E-state index contributed by atoms with van der Waals surface area (Å²) in [6.07, 6.45) is -1.61. The van der Waals surface area contributed by atoms with Crippen molar-refractivity contribution in [3.8, 4) is 5.75 Å². The molecule has 0 unspecified atom stereocenters. The molecule has 12 nitrogen and oxygen atoms in total. The number of likely N-dealkylation sites (N-methyl/N-ethyl adjacent to an activating group) is 1. The molecular formula is C22H29ClN2O10. The molecule has 0 aromatic heterocycles. The van der Waals surface area contributed by atoms with Crippen molar-refractivity contribution in [3.05, 3.63) is 46.4 Å². The molecule has 2 saturated carbocycles. The third kappa shape index (κ3) is 3.61. The van der Waals surface area contributed by atoms with E-state index < -0.39 is 75.6 Å². The van der Waals surface area contributed by atoms with Crippen LogP contribution in [0.1, 0.15) is 25.4 Å². The third-order valence-electron chi connectivity index (χ3n) is 6.98. The zero-order chi connectivity index (χ0) is 23.9. The monoisotopic (exact) mass is 516 g/mol. The molecule has 3 aliphatic rings. The van der Waals surface area contributed by atoms with E-state index in [9.17, 15) is 39.9 Å². The molecule has 2 fully saturated rings. The van der Waals surface area contributed by atoms with E-state index in [0.29, 0.717) is 5.56 Å². The maximum atomic E-state index is 13.6. The predicted octanol–water partition coefficient (Wildman–Crippen LogP) is -5.04. The van der Waals surface area contributed by atoms with Gasteiger partial charge in [-0.1, -0.05) is 19.1 Å². The van der Waals surface area contributed by atoms with Crippen molar-refractivity contribution in [2.24, 2.45) is 17.6 Å². The normalized spacial score (nSPS) is 33.0. The Morgan fingerprint density at radius 2 is 1.69 bits per heavy atom. The Hall–Kier alpha value is -3.00. The van der Waals surface area contributed by atoms with Crippen molar-refractivity contribution in [2.75, 3.05) is 14.1 Å². The van der Waals surface area contributed by atoms with Gasteiger partial charge in [-0.15, -0.1) is 0 Å². The maximum absolute atomic E-state index is 13.6. The summed E-state index contributed by atoms with van der Waals surface area (Å²) in [5, 5.41) is 53.9. The van der Waals surface area contributed by atoms with E-state index in [4.69, 9.17) is 5.73 Å². The van der Waals surface area contributed by atoms with Gasteiger partial charge in [-0.2, -0.15) is 0 Å². The lowest BCUT2D eigenvalue weighted by molar-refractivity contribution is -0.178. The molecule has 0 aliphatic heterocycles. The zero-order valence-corrected chi connectivity index (χ0v) is 19.7. The van der Waals surface area contributed by atoms with Crippen molar-refractivity contribution in [1.29, 1.82) is 0 Å². The van der Waals surface area contributed by atoms with E-state index in [2.05, 4.69) is 0 Å². The summed E-state index contributed by atoms with van der Waals surface area (Å²) in [6.45, 7) is 1.67. The molecule has 1 aromatic carbocycles. The minimum atomic E-state index is -2.97. The van der Waals surface area contributed by atoms with Crippen LogP contribution in [-0.4, -0.2) is 90.6 Å². The Labute approximate surface area is 207 Å². The van der Waals surface area contributed by atoms with Gasteiger partial charge in [0.2, 0.25) is 11.6 Å². The number of Topliss-reactive ketones (excluding diaryl/α,β-unsaturated/α-hetero) is 3. The number of benzene rings is 1. The highest BCUT2D eigenvalue weighted by atomic mass is 35.5. The molecule has 11 N–H and O–H groups in total. The summed E-state index contributed by atoms with van der Waals surface area (Å²) in [7, 11) is 2.92. The van der Waals surface area contributed by atoms with Crippen molar-refractivity contribution >= 4 is 23.1 Å². The highest BCUT2D eigenvalue weighted by Crippen LogP contribution is 2.55. The summed E-state index contributed by atoms with van der Waals surface area (Å²) in [4.78, 5) is 41.1. The van der Waals surface area contributed by atoms with Crippen LogP contribution < -0.4 is 18.1 Å². The summed E-state index contributed by atoms with van der Waals surface area (Å²) in [6, 6.07) is 3.12. The zero-order valence-electron chi connectivity index (χ0n) is 20.0. The van der Waals surface area contributed by atoms with Crippen LogP contribution in [0.15, 0.2) is 35.2 Å². The molecule has 4 rings (SSSR count). The molecule has 0 heterocycles. The van der Waals surface area contributed by atoms with E-state index in [1.165, 1.54) is 25.1 Å². The second kappa shape index (κ2) is 9.57. The Balaban J connectivity index is 0.00000306. The number of aliphatic hydroxyl groups is 4. The number of phenolic OH excluding ortho intramolecular Hbond substituents is 1. The van der Waals surface area contributed by atoms with Crippen molar-refractivity contribution in [3.63, 3.8) is 0 Å². The van der Waals surface area contributed by atoms with Gasteiger partial charge in [0.25, 0.3) is 0 Å². The Bertz CT molecular complexity index is 1150. The predicted molar refractivity (Wildman–Crippen MR) is 119 cm³/mol. The molecule has 194 valence electrons. The molecule has 13 heteroatoms. The standard InChI is InChI=1S/C22H24N2O8.ClH.2H2O/c1-7-8-5-4-6-9(25)11(8)16(26)12-10(7)17(27)14-15(24(2)3)18(28)13(21(23)31)20(30)22(14,32)19(12)29;;;/h4-7,10,14-15,17,25-27,31-32H,23H2,1-3H3;1H;2*1H2/b21-13-;;;/t7-,10+,14+,15-,17-,22-;;;/m0.../s1. The lowest BCUT2D eigenvalue weighted by Crippen LogP contribution is -3.00. The van der Waals surface area contributed by atoms with Gasteiger partial charge in [-0.3, -0.25) is 19.3 Å². The van der Waals surface area contributed by atoms with Crippen LogP contribution >= 0.6 is 0 Å². The van der Waals surface area contributed by atoms with Crippen LogP contribution in [0.4, 0.5) is 0 Å². The minimum Gasteiger partial charge on any atom is -1.00 e. The number of rotatable bonds is 1. The van der Waals surface area contributed by atoms with Crippen LogP contribution in [-0.2, 0) is 14.4 Å². The van der Waals surface area contributed by atoms with Crippen molar-refractivity contribution < 1.29 is 64.7 Å². The molecule has 6 atom stereocenters. The van der Waals surface area contributed by atoms with E-state index in [-0.39, 0.29) is 36.1 Å². The first-order chi connectivity index (χ1) is 14.9. The molecule has 0 spiro atoms. The number of aliphatic hydroxyl groups excluding tert-OH is 3. The number of fused-ring (bicyclic) bond motifs is 3. The lowest BCUT2D eigenvalue weighted by atomic mass is 9.53. The number of aromatic hydroxyl groups is 1. The van der Waals surface area contributed by atoms with E-state index in [1.807, 2.05) is 0 Å². The van der Waals surface area contributed by atoms with Gasteiger partial charge in [0, 0.05) is 11.5 Å². The smallest absolute Gasteiger partial charge is 1.00 e. The van der Waals surface area contributed by atoms with Gasteiger partial charge in [0.05, 0.1) is 23.6 Å². The van der Waals surface area contributed by atoms with Crippen molar-refractivity contribution in [1.82, 2.24) is 4.90 Å². The number of halogens is 1. The van der Waals surface area contributed by atoms with Gasteiger partial charge in [-0.05, 0) is 31.6 Å². The largest absolute Gasteiger partial charge is 1.00 e. The SMILES string of the molecule is C[C@H]1c2cccc(O)c2C(O)=C2C(=O)[C@]3(O)C(=O)/C(=C(/N)O)C(=O)[C@@H](N(C)C)[C@@H]3[C@@H](O)[C@@H]21.O.O.[Cl-].[H+]. The van der Waals surface area contributed by atoms with Crippen LogP contribution in [0.25, 0.3) is 5.76 Å². The summed E-state index contributed by atoms with van der Waals surface area (Å²) in [5.41, 5.74) is 1.44. The Morgan fingerprint density at radius 1 is 1.11 bits per heavy atom. The first kappa shape index (κ1) is 30.0. The number of phenols is 1. The number of nitrogens with zero attached hydrogens (tertiary/aromatic N) is 1. The number of ketones is 3. The number of nitrogens with two attached hydrogens (primary N) is 1. The first-order valence-electron chi connectivity index (χ1n) is 10.0. The number of hydrogen-bond acceptors (Lipinski definition) is 10. The van der Waals surface area contributed by atoms with Crippen LogP contribution in [0.3, 0.4) is 0 Å². The fourth-order valence-electron chi connectivity index (χ4n) is 5.56. The fourth-order valence-corrected chi connectivity index (χ4v) is 5.56. The molecule has 0 radical (unpaired) electrons. The highest BCUT2D eigenvalue weighted by Gasteiger charge is 2.70. The van der Waals surface area contributed by atoms with Crippen molar-refractivity contribution in [2.45, 2.75) is 30.6 Å². The second-order valence-electron chi connectivity index (χ2n) is 8.79. The molecular weight excluding hydrogens is 488 g/mol. The van der Waals surface area contributed by atoms with Gasteiger partial charge in [-0.25, -0.2) is 0 Å². The van der Waals surface area contributed by atoms with Gasteiger partial charge >= 0.3 is 1.43 Å². The molecule has 35 heavy (non-hydrogen) atoms. The quantitative estimate of drug-likeness (QED) is 0.0896. The van der Waals surface area contributed by atoms with Gasteiger partial charge in [0.15, 0.2) is 17.3 Å². The Morgan fingerprint density at radius 3 is 2.20 bits per heavy atom. The summed E-state index contributed by atoms with van der Waals surface area (Å²) in [5.74, 6) is -8.97. The van der Waals surface area contributed by atoms with Gasteiger partial charge in [0.1, 0.15) is 17.1 Å². The molecule has 1 aromatic rings.